The number of benzene rings is 2. The van der Waals surface area contributed by atoms with Gasteiger partial charge in [0.1, 0.15) is 11.9 Å². The standard InChI is InChI=1S/C24H28Cl2N2O4S.C2H4O2/c1-33(30,31)21-4-2-3-17(15-21)24(29)28-11-7-18(8-12-28)27-13-9-19(10-14-27)32-20-5-6-22(25)23(26)16-20;1-2(3)4/h2-6,15-16,18-19H,7-14H2,1H3;1H3,(H,3,4). The summed E-state index contributed by atoms with van der Waals surface area (Å²) in [6.07, 6.45) is 5.02. The summed E-state index contributed by atoms with van der Waals surface area (Å²) in [5, 5.41) is 8.43. The maximum absolute atomic E-state index is 12.9. The number of halogens is 2. The minimum Gasteiger partial charge on any atom is -0.490 e. The van der Waals surface area contributed by atoms with Crippen LogP contribution in [0.15, 0.2) is 47.4 Å². The van der Waals surface area contributed by atoms with Gasteiger partial charge in [-0.2, -0.15) is 0 Å². The lowest BCUT2D eigenvalue weighted by molar-refractivity contribution is -0.134. The molecule has 37 heavy (non-hydrogen) atoms. The molecule has 2 saturated heterocycles. The lowest BCUT2D eigenvalue weighted by Gasteiger charge is -2.41. The van der Waals surface area contributed by atoms with Crippen molar-refractivity contribution < 1.29 is 27.9 Å². The van der Waals surface area contributed by atoms with Crippen LogP contribution in [-0.4, -0.2) is 79.8 Å². The number of amides is 1. The van der Waals surface area contributed by atoms with Crippen LogP contribution in [0.25, 0.3) is 0 Å². The Kier molecular flexibility index (Phi) is 10.2. The number of aliphatic carboxylic acids is 1. The topological polar surface area (TPSA) is 104 Å². The van der Waals surface area contributed by atoms with Crippen molar-refractivity contribution in [1.29, 1.82) is 0 Å². The van der Waals surface area contributed by atoms with Gasteiger partial charge < -0.3 is 14.7 Å². The minimum absolute atomic E-state index is 0.104. The van der Waals surface area contributed by atoms with E-state index < -0.39 is 15.8 Å². The molecule has 8 nitrogen and oxygen atoms in total. The molecule has 0 aromatic heterocycles. The van der Waals surface area contributed by atoms with Gasteiger partial charge in [-0.1, -0.05) is 29.3 Å². The molecule has 4 rings (SSSR count). The van der Waals surface area contributed by atoms with Crippen molar-refractivity contribution in [2.24, 2.45) is 0 Å². The van der Waals surface area contributed by atoms with Gasteiger partial charge in [0, 0.05) is 57.0 Å². The van der Waals surface area contributed by atoms with Crippen molar-refractivity contribution in [1.82, 2.24) is 9.80 Å². The number of carboxylic acid groups (broad SMARTS) is 1. The molecule has 202 valence electrons. The second kappa shape index (κ2) is 13.0. The molecule has 2 aromatic rings. The molecule has 2 heterocycles. The summed E-state index contributed by atoms with van der Waals surface area (Å²) in [5.41, 5.74) is 0.427. The van der Waals surface area contributed by atoms with Gasteiger partial charge in [-0.15, -0.1) is 0 Å². The lowest BCUT2D eigenvalue weighted by Crippen LogP contribution is -2.50. The molecule has 11 heteroatoms. The third kappa shape index (κ3) is 8.60. The monoisotopic (exact) mass is 570 g/mol. The smallest absolute Gasteiger partial charge is 0.300 e. The van der Waals surface area contributed by atoms with E-state index in [-0.39, 0.29) is 16.9 Å². The Hall–Kier alpha value is -2.33. The predicted octanol–water partition coefficient (Wildman–Crippen LogP) is 4.64. The van der Waals surface area contributed by atoms with Crippen LogP contribution in [0.1, 0.15) is 43.0 Å². The molecule has 1 amide bonds. The Morgan fingerprint density at radius 2 is 1.57 bits per heavy atom. The van der Waals surface area contributed by atoms with Crippen molar-refractivity contribution >= 4 is 44.9 Å². The number of carbonyl (C=O) groups is 2. The number of sulfone groups is 1. The van der Waals surface area contributed by atoms with E-state index in [1.807, 2.05) is 11.0 Å². The molecular weight excluding hydrogens is 539 g/mol. The largest absolute Gasteiger partial charge is 0.490 e. The van der Waals surface area contributed by atoms with Gasteiger partial charge in [0.25, 0.3) is 11.9 Å². The number of nitrogens with zero attached hydrogens (tertiary/aromatic N) is 2. The zero-order valence-corrected chi connectivity index (χ0v) is 23.2. The summed E-state index contributed by atoms with van der Waals surface area (Å²) >= 11 is 12.1. The van der Waals surface area contributed by atoms with E-state index in [9.17, 15) is 13.2 Å². The van der Waals surface area contributed by atoms with Crippen LogP contribution in [0.5, 0.6) is 5.75 Å². The third-order valence-electron chi connectivity index (χ3n) is 6.45. The molecular formula is C26H32Cl2N2O6S. The molecule has 0 radical (unpaired) electrons. The summed E-state index contributed by atoms with van der Waals surface area (Å²) < 4.78 is 29.7. The van der Waals surface area contributed by atoms with E-state index in [0.29, 0.717) is 34.7 Å². The normalized spacial score (nSPS) is 17.6. The average molecular weight is 572 g/mol. The number of piperidine rings is 2. The molecule has 2 aromatic carbocycles. The molecule has 1 N–H and O–H groups in total. The first-order valence-electron chi connectivity index (χ1n) is 12.1. The average Bonchev–Trinajstić information content (AvgIpc) is 2.86. The van der Waals surface area contributed by atoms with Gasteiger partial charge in [0.2, 0.25) is 0 Å². The second-order valence-corrected chi connectivity index (χ2v) is 12.1. The van der Waals surface area contributed by atoms with Crippen molar-refractivity contribution in [3.05, 3.63) is 58.1 Å². The number of likely N-dealkylation sites (tertiary alicyclic amines) is 2. The van der Waals surface area contributed by atoms with Crippen molar-refractivity contribution in [3.8, 4) is 5.75 Å². The first-order valence-corrected chi connectivity index (χ1v) is 14.7. The van der Waals surface area contributed by atoms with Crippen LogP contribution in [0.2, 0.25) is 10.0 Å². The predicted molar refractivity (Wildman–Crippen MR) is 143 cm³/mol. The SMILES string of the molecule is CC(=O)O.CS(=O)(=O)c1cccc(C(=O)N2CCC(N3CCC(Oc4ccc(Cl)c(Cl)c4)CC3)CC2)c1. The fourth-order valence-corrected chi connectivity index (χ4v) is 5.53. The summed E-state index contributed by atoms with van der Waals surface area (Å²) in [6.45, 7) is 4.35. The van der Waals surface area contributed by atoms with E-state index in [0.717, 1.165) is 57.7 Å². The van der Waals surface area contributed by atoms with Crippen molar-refractivity contribution in [2.45, 2.75) is 49.6 Å². The molecule has 0 saturated carbocycles. The lowest BCUT2D eigenvalue weighted by atomic mass is 9.98. The van der Waals surface area contributed by atoms with Gasteiger partial charge >= 0.3 is 0 Å². The Balaban J connectivity index is 0.000000886. The zero-order valence-electron chi connectivity index (χ0n) is 20.9. The van der Waals surface area contributed by atoms with Crippen molar-refractivity contribution in [2.75, 3.05) is 32.4 Å². The minimum atomic E-state index is -3.34. The van der Waals surface area contributed by atoms with E-state index in [4.69, 9.17) is 37.8 Å². The van der Waals surface area contributed by atoms with Gasteiger partial charge in [-0.25, -0.2) is 8.42 Å². The third-order valence-corrected chi connectivity index (χ3v) is 8.30. The maximum Gasteiger partial charge on any atom is 0.300 e. The first-order chi connectivity index (χ1) is 17.4. The van der Waals surface area contributed by atoms with Crippen LogP contribution in [0, 0.1) is 0 Å². The molecule has 2 aliphatic heterocycles. The highest BCUT2D eigenvalue weighted by Gasteiger charge is 2.30. The zero-order chi connectivity index (χ0) is 27.2. The number of carbonyl (C=O) groups excluding carboxylic acids is 1. The van der Waals surface area contributed by atoms with Gasteiger partial charge in [0.15, 0.2) is 9.84 Å². The number of hydrogen-bond donors (Lipinski definition) is 1. The van der Waals surface area contributed by atoms with Crippen LogP contribution in [0.3, 0.4) is 0 Å². The number of hydrogen-bond acceptors (Lipinski definition) is 6. The Bertz CT molecular complexity index is 1200. The number of carboxylic acids is 1. The molecule has 0 bridgehead atoms. The summed E-state index contributed by atoms with van der Waals surface area (Å²) in [7, 11) is -3.34. The highest BCUT2D eigenvalue weighted by atomic mass is 35.5. The summed E-state index contributed by atoms with van der Waals surface area (Å²) in [6, 6.07) is 12.1. The molecule has 0 atom stereocenters. The van der Waals surface area contributed by atoms with Crippen LogP contribution in [-0.2, 0) is 14.6 Å². The number of rotatable bonds is 5. The number of ether oxygens (including phenoxy) is 1. The van der Waals surface area contributed by atoms with Crippen LogP contribution >= 0.6 is 23.2 Å². The first kappa shape index (κ1) is 29.2. The molecule has 2 fully saturated rings. The Morgan fingerprint density at radius 3 is 2.14 bits per heavy atom. The van der Waals surface area contributed by atoms with Crippen molar-refractivity contribution in [3.63, 3.8) is 0 Å². The molecule has 0 unspecified atom stereocenters. The molecule has 0 aliphatic carbocycles. The fourth-order valence-electron chi connectivity index (χ4n) is 4.58. The maximum atomic E-state index is 12.9. The Morgan fingerprint density at radius 1 is 0.946 bits per heavy atom. The van der Waals surface area contributed by atoms with E-state index in [2.05, 4.69) is 4.90 Å². The van der Waals surface area contributed by atoms with Crippen LogP contribution < -0.4 is 4.74 Å². The molecule has 0 spiro atoms. The fraction of sp³-hybridized carbons (Fsp3) is 0.462. The van der Waals surface area contributed by atoms with Crippen LogP contribution in [0.4, 0.5) is 0 Å². The van der Waals surface area contributed by atoms with E-state index in [1.54, 1.807) is 24.3 Å². The molecule has 2 aliphatic rings. The Labute approximate surface area is 228 Å². The second-order valence-electron chi connectivity index (χ2n) is 9.27. The van der Waals surface area contributed by atoms with E-state index in [1.165, 1.54) is 12.1 Å². The summed E-state index contributed by atoms with van der Waals surface area (Å²) in [4.78, 5) is 26.4. The van der Waals surface area contributed by atoms with Gasteiger partial charge in [0.05, 0.1) is 14.9 Å². The highest BCUT2D eigenvalue weighted by molar-refractivity contribution is 7.90. The van der Waals surface area contributed by atoms with E-state index >= 15 is 0 Å². The highest BCUT2D eigenvalue weighted by Crippen LogP contribution is 2.29. The quantitative estimate of drug-likeness (QED) is 0.558. The van der Waals surface area contributed by atoms with Gasteiger partial charge in [-0.05, 0) is 56.0 Å². The van der Waals surface area contributed by atoms with Gasteiger partial charge in [-0.3, -0.25) is 14.5 Å². The summed E-state index contributed by atoms with van der Waals surface area (Å²) in [5.74, 6) is -0.192.